The van der Waals surface area contributed by atoms with Gasteiger partial charge in [0.2, 0.25) is 5.91 Å². The summed E-state index contributed by atoms with van der Waals surface area (Å²) in [5.74, 6) is 1.52. The number of nitrogens with one attached hydrogen (secondary N) is 1. The molecule has 2 nitrogen and oxygen atoms in total. The molecular formula is C13H17NOS. The topological polar surface area (TPSA) is 29.1 Å². The molecule has 3 heteroatoms. The Hall–Kier alpha value is -0.960. The minimum Gasteiger partial charge on any atom is -0.356 e. The molecule has 1 unspecified atom stereocenters. The number of benzene rings is 1. The summed E-state index contributed by atoms with van der Waals surface area (Å²) in [5.41, 5.74) is 0. The van der Waals surface area contributed by atoms with Crippen LogP contribution in [0, 0.1) is 5.92 Å². The van der Waals surface area contributed by atoms with Crippen LogP contribution in [0.25, 0.3) is 0 Å². The Labute approximate surface area is 101 Å². The third kappa shape index (κ3) is 3.27. The Bertz CT molecular complexity index is 339. The van der Waals surface area contributed by atoms with Crippen molar-refractivity contribution in [3.05, 3.63) is 30.3 Å². The van der Waals surface area contributed by atoms with Crippen LogP contribution >= 0.6 is 11.8 Å². The van der Waals surface area contributed by atoms with Gasteiger partial charge in [-0.3, -0.25) is 4.79 Å². The van der Waals surface area contributed by atoms with E-state index in [1.54, 1.807) is 0 Å². The maximum Gasteiger partial charge on any atom is 0.223 e. The summed E-state index contributed by atoms with van der Waals surface area (Å²) in [6.45, 7) is 0.862. The lowest BCUT2D eigenvalue weighted by atomic mass is 9.96. The van der Waals surface area contributed by atoms with Crippen LogP contribution in [0.5, 0.6) is 0 Å². The normalized spacial score (nSPS) is 20.5. The smallest absolute Gasteiger partial charge is 0.223 e. The number of amides is 1. The van der Waals surface area contributed by atoms with E-state index in [0.717, 1.165) is 31.6 Å². The zero-order valence-electron chi connectivity index (χ0n) is 9.32. The average molecular weight is 235 g/mol. The molecule has 0 aliphatic carbocycles. The lowest BCUT2D eigenvalue weighted by Crippen LogP contribution is -2.36. The highest BCUT2D eigenvalue weighted by Crippen LogP contribution is 2.22. The Morgan fingerprint density at radius 3 is 2.88 bits per heavy atom. The van der Waals surface area contributed by atoms with E-state index >= 15 is 0 Å². The number of hydrogen-bond donors (Lipinski definition) is 1. The number of carbonyl (C=O) groups excluding carboxylic acids is 1. The molecule has 1 aliphatic heterocycles. The maximum absolute atomic E-state index is 11.5. The summed E-state index contributed by atoms with van der Waals surface area (Å²) in [7, 11) is 0. The van der Waals surface area contributed by atoms with E-state index in [2.05, 4.69) is 29.6 Å². The molecule has 1 aliphatic rings. The summed E-state index contributed by atoms with van der Waals surface area (Å²) in [6.07, 6.45) is 3.18. The molecule has 0 radical (unpaired) electrons. The zero-order valence-corrected chi connectivity index (χ0v) is 10.1. The summed E-state index contributed by atoms with van der Waals surface area (Å²) >= 11 is 1.84. The van der Waals surface area contributed by atoms with E-state index in [4.69, 9.17) is 0 Å². The first-order valence-corrected chi connectivity index (χ1v) is 6.80. The van der Waals surface area contributed by atoms with Gasteiger partial charge in [0.25, 0.3) is 0 Å². The molecule has 1 amide bonds. The van der Waals surface area contributed by atoms with Gasteiger partial charge in [-0.2, -0.15) is 0 Å². The van der Waals surface area contributed by atoms with Crippen LogP contribution in [0.4, 0.5) is 0 Å². The highest BCUT2D eigenvalue weighted by atomic mass is 32.2. The van der Waals surface area contributed by atoms with Crippen LogP contribution in [0.2, 0.25) is 0 Å². The number of carbonyl (C=O) groups is 1. The van der Waals surface area contributed by atoms with Gasteiger partial charge in [0, 0.05) is 17.4 Å². The Kier molecular flexibility index (Phi) is 4.28. The van der Waals surface area contributed by atoms with Gasteiger partial charge in [0.1, 0.15) is 0 Å². The van der Waals surface area contributed by atoms with Gasteiger partial charge in [-0.1, -0.05) is 18.2 Å². The predicted molar refractivity (Wildman–Crippen MR) is 67.5 cm³/mol. The van der Waals surface area contributed by atoms with Crippen molar-refractivity contribution in [1.82, 2.24) is 5.32 Å². The van der Waals surface area contributed by atoms with Crippen molar-refractivity contribution in [1.29, 1.82) is 0 Å². The van der Waals surface area contributed by atoms with Crippen LogP contribution in [-0.4, -0.2) is 18.2 Å². The first kappa shape index (κ1) is 11.5. The fourth-order valence-electron chi connectivity index (χ4n) is 1.95. The molecular weight excluding hydrogens is 218 g/mol. The summed E-state index contributed by atoms with van der Waals surface area (Å²) in [4.78, 5) is 12.8. The molecule has 0 saturated carbocycles. The van der Waals surface area contributed by atoms with Gasteiger partial charge in [-0.05, 0) is 37.1 Å². The first-order valence-electron chi connectivity index (χ1n) is 5.82. The molecule has 0 spiro atoms. The van der Waals surface area contributed by atoms with Crippen molar-refractivity contribution in [3.8, 4) is 0 Å². The molecule has 0 aromatic heterocycles. The van der Waals surface area contributed by atoms with E-state index in [1.807, 2.05) is 17.8 Å². The van der Waals surface area contributed by atoms with Gasteiger partial charge in [0.05, 0.1) is 0 Å². The fourth-order valence-corrected chi connectivity index (χ4v) is 2.93. The third-order valence-electron chi connectivity index (χ3n) is 2.88. The molecule has 1 aromatic carbocycles. The van der Waals surface area contributed by atoms with Gasteiger partial charge < -0.3 is 5.32 Å². The van der Waals surface area contributed by atoms with Crippen LogP contribution in [-0.2, 0) is 4.79 Å². The van der Waals surface area contributed by atoms with E-state index in [0.29, 0.717) is 0 Å². The van der Waals surface area contributed by atoms with Crippen LogP contribution < -0.4 is 5.32 Å². The van der Waals surface area contributed by atoms with Crippen molar-refractivity contribution in [3.63, 3.8) is 0 Å². The monoisotopic (exact) mass is 235 g/mol. The maximum atomic E-state index is 11.5. The number of thioether (sulfide) groups is 1. The van der Waals surface area contributed by atoms with Crippen molar-refractivity contribution in [2.45, 2.75) is 24.2 Å². The van der Waals surface area contributed by atoms with Crippen molar-refractivity contribution in [2.75, 3.05) is 12.3 Å². The van der Waals surface area contributed by atoms with Gasteiger partial charge in [-0.15, -0.1) is 11.8 Å². The van der Waals surface area contributed by atoms with Crippen molar-refractivity contribution in [2.24, 2.45) is 5.92 Å². The first-order chi connectivity index (χ1) is 7.86. The number of rotatable bonds is 4. The van der Waals surface area contributed by atoms with E-state index < -0.39 is 0 Å². The molecule has 0 bridgehead atoms. The highest BCUT2D eigenvalue weighted by molar-refractivity contribution is 7.99. The predicted octanol–water partition coefficient (Wildman–Crippen LogP) is 2.70. The molecule has 86 valence electrons. The average Bonchev–Trinajstić information content (AvgIpc) is 2.33. The second kappa shape index (κ2) is 5.94. The standard InChI is InChI=1S/C13H17NOS/c15-13-11(5-4-9-14-13)8-10-16-12-6-2-1-3-7-12/h1-3,6-7,11H,4-5,8-10H2,(H,14,15). The molecule has 1 aromatic rings. The quantitative estimate of drug-likeness (QED) is 0.813. The SMILES string of the molecule is O=C1NCCCC1CCSc1ccccc1. The van der Waals surface area contributed by atoms with E-state index in [9.17, 15) is 4.79 Å². The fraction of sp³-hybridized carbons (Fsp3) is 0.462. The molecule has 1 atom stereocenters. The highest BCUT2D eigenvalue weighted by Gasteiger charge is 2.21. The van der Waals surface area contributed by atoms with Gasteiger partial charge in [-0.25, -0.2) is 0 Å². The summed E-state index contributed by atoms with van der Waals surface area (Å²) in [5, 5.41) is 2.93. The molecule has 1 heterocycles. The molecule has 16 heavy (non-hydrogen) atoms. The Morgan fingerprint density at radius 1 is 1.31 bits per heavy atom. The van der Waals surface area contributed by atoms with Crippen molar-refractivity contribution < 1.29 is 4.79 Å². The van der Waals surface area contributed by atoms with Crippen LogP contribution in [0.3, 0.4) is 0 Å². The van der Waals surface area contributed by atoms with Crippen LogP contribution in [0.15, 0.2) is 35.2 Å². The van der Waals surface area contributed by atoms with Crippen LogP contribution in [0.1, 0.15) is 19.3 Å². The summed E-state index contributed by atoms with van der Waals surface area (Å²) < 4.78 is 0. The van der Waals surface area contributed by atoms with Crippen molar-refractivity contribution >= 4 is 17.7 Å². The molecule has 1 N–H and O–H groups in total. The Balaban J connectivity index is 1.73. The molecule has 1 saturated heterocycles. The van der Waals surface area contributed by atoms with E-state index in [-0.39, 0.29) is 11.8 Å². The largest absolute Gasteiger partial charge is 0.356 e. The second-order valence-corrected chi connectivity index (χ2v) is 5.25. The lowest BCUT2D eigenvalue weighted by Gasteiger charge is -2.21. The third-order valence-corrected chi connectivity index (χ3v) is 3.92. The van der Waals surface area contributed by atoms with Gasteiger partial charge >= 0.3 is 0 Å². The molecule has 2 rings (SSSR count). The molecule has 1 fully saturated rings. The zero-order chi connectivity index (χ0) is 11.2. The number of hydrogen-bond acceptors (Lipinski definition) is 2. The van der Waals surface area contributed by atoms with Gasteiger partial charge in [0.15, 0.2) is 0 Å². The minimum absolute atomic E-state index is 0.241. The summed E-state index contributed by atoms with van der Waals surface area (Å²) in [6, 6.07) is 10.4. The Morgan fingerprint density at radius 2 is 2.12 bits per heavy atom. The number of piperidine rings is 1. The lowest BCUT2D eigenvalue weighted by molar-refractivity contribution is -0.126. The second-order valence-electron chi connectivity index (χ2n) is 4.08. The van der Waals surface area contributed by atoms with E-state index in [1.165, 1.54) is 4.90 Å². The minimum atomic E-state index is 0.241.